The van der Waals surface area contributed by atoms with Gasteiger partial charge in [-0.25, -0.2) is 9.71 Å². The largest absolute Gasteiger partial charge is 0.477 e. The molecule has 1 saturated heterocycles. The Kier molecular flexibility index (Phi) is 6.63. The van der Waals surface area contributed by atoms with Crippen LogP contribution in [0.3, 0.4) is 0 Å². The molecule has 0 unspecified atom stereocenters. The lowest BCUT2D eigenvalue weighted by Crippen LogP contribution is -2.48. The Morgan fingerprint density at radius 2 is 1.94 bits per heavy atom. The van der Waals surface area contributed by atoms with Crippen LogP contribution in [0.25, 0.3) is 0 Å². The van der Waals surface area contributed by atoms with Gasteiger partial charge >= 0.3 is 0 Å². The van der Waals surface area contributed by atoms with Crippen LogP contribution in [0.4, 0.5) is 5.82 Å². The number of nitrogens with one attached hydrogen (secondary N) is 2. The molecule has 10 heteroatoms. The Bertz CT molecular complexity index is 1270. The number of carbonyl (C=O) groups is 2. The molecular formula is C26H32N4O5S. The molecule has 2 heterocycles. The summed E-state index contributed by atoms with van der Waals surface area (Å²) >= 11 is 0. The predicted octanol–water partition coefficient (Wildman–Crippen LogP) is 2.79. The monoisotopic (exact) mass is 512 g/mol. The van der Waals surface area contributed by atoms with E-state index in [2.05, 4.69) is 27.2 Å². The molecule has 0 atom stereocenters. The molecule has 2 N–H and O–H groups in total. The summed E-state index contributed by atoms with van der Waals surface area (Å²) in [6.45, 7) is 3.05. The molecule has 5 rings (SSSR count). The van der Waals surface area contributed by atoms with Gasteiger partial charge in [-0.1, -0.05) is 37.5 Å². The van der Waals surface area contributed by atoms with Crippen LogP contribution in [-0.2, 0) is 19.6 Å². The minimum absolute atomic E-state index is 0.0969. The van der Waals surface area contributed by atoms with Crippen molar-refractivity contribution < 1.29 is 22.7 Å². The number of pyridine rings is 1. The van der Waals surface area contributed by atoms with Gasteiger partial charge in [0.1, 0.15) is 11.6 Å². The molecule has 0 spiro atoms. The Hall–Kier alpha value is -3.14. The first-order valence-electron chi connectivity index (χ1n) is 12.6. The van der Waals surface area contributed by atoms with Gasteiger partial charge in [0.2, 0.25) is 5.91 Å². The molecule has 192 valence electrons. The predicted molar refractivity (Wildman–Crippen MR) is 134 cm³/mol. The number of sulfonamides is 1. The van der Waals surface area contributed by atoms with Gasteiger partial charge in [0.25, 0.3) is 15.9 Å². The van der Waals surface area contributed by atoms with E-state index < -0.39 is 21.5 Å². The number of amides is 2. The van der Waals surface area contributed by atoms with Crippen molar-refractivity contribution in [3.8, 4) is 5.75 Å². The summed E-state index contributed by atoms with van der Waals surface area (Å²) in [4.78, 5) is 30.9. The normalized spacial score (nSPS) is 19.9. The second-order valence-corrected chi connectivity index (χ2v) is 11.6. The minimum atomic E-state index is -4.23. The van der Waals surface area contributed by atoms with Crippen LogP contribution in [0.1, 0.15) is 62.0 Å². The van der Waals surface area contributed by atoms with Crippen molar-refractivity contribution in [2.75, 3.05) is 24.5 Å². The molecule has 1 aromatic heterocycles. The van der Waals surface area contributed by atoms with E-state index in [9.17, 15) is 18.0 Å². The molecule has 2 saturated carbocycles. The summed E-state index contributed by atoms with van der Waals surface area (Å²) in [6.07, 6.45) is 6.67. The van der Waals surface area contributed by atoms with Crippen LogP contribution in [-0.4, -0.2) is 50.5 Å². The van der Waals surface area contributed by atoms with Gasteiger partial charge in [-0.05, 0) is 55.0 Å². The van der Waals surface area contributed by atoms with E-state index in [-0.39, 0.29) is 17.5 Å². The van der Waals surface area contributed by atoms with Crippen LogP contribution in [0, 0.1) is 6.92 Å². The highest BCUT2D eigenvalue weighted by atomic mass is 32.2. The molecule has 0 bridgehead atoms. The van der Waals surface area contributed by atoms with Gasteiger partial charge in [-0.2, -0.15) is 8.42 Å². The SMILES string of the molecule is Cc1ccc(C2CCCCC2)c(OC2(C(=O)NS(=O)(=O)c3cccc(N4CCNC(=O)C4)n3)CC2)c1. The molecule has 1 aromatic carbocycles. The Morgan fingerprint density at radius 1 is 1.17 bits per heavy atom. The maximum Gasteiger partial charge on any atom is 0.281 e. The maximum absolute atomic E-state index is 13.2. The quantitative estimate of drug-likeness (QED) is 0.586. The van der Waals surface area contributed by atoms with Gasteiger partial charge in [0.15, 0.2) is 10.6 Å². The first-order valence-corrected chi connectivity index (χ1v) is 14.1. The number of anilines is 1. The number of benzene rings is 1. The van der Waals surface area contributed by atoms with E-state index in [0.717, 1.165) is 24.0 Å². The van der Waals surface area contributed by atoms with Gasteiger partial charge in [0.05, 0.1) is 6.54 Å². The average molecular weight is 513 g/mol. The van der Waals surface area contributed by atoms with Crippen molar-refractivity contribution >= 4 is 27.7 Å². The van der Waals surface area contributed by atoms with Crippen molar-refractivity contribution in [3.63, 3.8) is 0 Å². The standard InChI is InChI=1S/C26H32N4O5S/c1-18-10-11-20(19-6-3-2-4-7-19)21(16-18)35-26(12-13-26)25(32)29-36(33,34)24-9-5-8-22(28-24)30-15-14-27-23(31)17-30/h5,8-11,16,19H,2-4,6-7,12-15,17H2,1H3,(H,27,31)(H,29,32). The first-order chi connectivity index (χ1) is 17.3. The van der Waals surface area contributed by atoms with Gasteiger partial charge in [-0.15, -0.1) is 0 Å². The summed E-state index contributed by atoms with van der Waals surface area (Å²) in [7, 11) is -4.23. The van der Waals surface area contributed by atoms with E-state index >= 15 is 0 Å². The van der Waals surface area contributed by atoms with Crippen LogP contribution in [0.2, 0.25) is 0 Å². The smallest absolute Gasteiger partial charge is 0.281 e. The van der Waals surface area contributed by atoms with Crippen molar-refractivity contribution in [1.29, 1.82) is 0 Å². The topological polar surface area (TPSA) is 118 Å². The summed E-state index contributed by atoms with van der Waals surface area (Å²) in [5, 5.41) is 2.46. The van der Waals surface area contributed by atoms with Crippen molar-refractivity contribution in [2.24, 2.45) is 0 Å². The highest BCUT2D eigenvalue weighted by Crippen LogP contribution is 2.45. The van der Waals surface area contributed by atoms with Crippen LogP contribution >= 0.6 is 0 Å². The second kappa shape index (κ2) is 9.72. The van der Waals surface area contributed by atoms with Gasteiger partial charge in [0, 0.05) is 25.9 Å². The first kappa shape index (κ1) is 24.5. The second-order valence-electron chi connectivity index (χ2n) is 10.0. The molecule has 9 nitrogen and oxygen atoms in total. The Morgan fingerprint density at radius 3 is 2.67 bits per heavy atom. The van der Waals surface area contributed by atoms with Crippen molar-refractivity contribution in [2.45, 2.75) is 68.4 Å². The molecule has 2 aromatic rings. The maximum atomic E-state index is 13.2. The number of piperazine rings is 1. The van der Waals surface area contributed by atoms with Crippen LogP contribution in [0.15, 0.2) is 41.4 Å². The number of ether oxygens (including phenoxy) is 1. The highest BCUT2D eigenvalue weighted by molar-refractivity contribution is 7.90. The van der Waals surface area contributed by atoms with Crippen molar-refractivity contribution in [3.05, 3.63) is 47.5 Å². The van der Waals surface area contributed by atoms with Crippen LogP contribution < -0.4 is 19.7 Å². The van der Waals surface area contributed by atoms with Crippen molar-refractivity contribution in [1.82, 2.24) is 15.0 Å². The lowest BCUT2D eigenvalue weighted by atomic mass is 9.83. The molecule has 36 heavy (non-hydrogen) atoms. The van der Waals surface area contributed by atoms with E-state index in [4.69, 9.17) is 4.74 Å². The molecular weight excluding hydrogens is 480 g/mol. The average Bonchev–Trinajstić information content (AvgIpc) is 3.65. The fraction of sp³-hybridized carbons (Fsp3) is 0.500. The molecule has 2 amide bonds. The fourth-order valence-electron chi connectivity index (χ4n) is 5.01. The van der Waals surface area contributed by atoms with Gasteiger partial charge in [-0.3, -0.25) is 9.59 Å². The van der Waals surface area contributed by atoms with E-state index in [1.807, 2.05) is 13.0 Å². The number of nitrogens with zero attached hydrogens (tertiary/aromatic N) is 2. The third kappa shape index (κ3) is 5.18. The summed E-state index contributed by atoms with van der Waals surface area (Å²) in [5.41, 5.74) is 0.926. The summed E-state index contributed by atoms with van der Waals surface area (Å²) in [5.74, 6) is 0.606. The number of hydrogen-bond donors (Lipinski definition) is 2. The molecule has 1 aliphatic heterocycles. The van der Waals surface area contributed by atoms with Gasteiger partial charge < -0.3 is 15.0 Å². The lowest BCUT2D eigenvalue weighted by molar-refractivity contribution is -0.128. The van der Waals surface area contributed by atoms with E-state index in [0.29, 0.717) is 43.4 Å². The fourth-order valence-corrected chi connectivity index (χ4v) is 6.02. The number of aryl methyl sites for hydroxylation is 1. The molecule has 0 radical (unpaired) electrons. The third-order valence-electron chi connectivity index (χ3n) is 7.21. The number of carbonyl (C=O) groups excluding carboxylic acids is 2. The Labute approximate surface area is 211 Å². The third-order valence-corrected chi connectivity index (χ3v) is 8.44. The molecule has 3 aliphatic rings. The number of rotatable bonds is 7. The van der Waals surface area contributed by atoms with Crippen LogP contribution in [0.5, 0.6) is 5.75 Å². The Balaban J connectivity index is 1.33. The summed E-state index contributed by atoms with van der Waals surface area (Å²) in [6, 6.07) is 10.6. The molecule has 2 aliphatic carbocycles. The number of aromatic nitrogens is 1. The summed E-state index contributed by atoms with van der Waals surface area (Å²) < 4.78 is 34.7. The zero-order valence-electron chi connectivity index (χ0n) is 20.5. The number of hydrogen-bond acceptors (Lipinski definition) is 7. The molecule has 3 fully saturated rings. The van der Waals surface area contributed by atoms with E-state index in [1.54, 1.807) is 17.0 Å². The lowest BCUT2D eigenvalue weighted by Gasteiger charge is -2.28. The minimum Gasteiger partial charge on any atom is -0.477 e. The zero-order valence-corrected chi connectivity index (χ0v) is 21.3. The zero-order chi connectivity index (χ0) is 25.3. The highest BCUT2D eigenvalue weighted by Gasteiger charge is 2.54. The van der Waals surface area contributed by atoms with E-state index in [1.165, 1.54) is 25.3 Å².